The molecule has 0 radical (unpaired) electrons. The zero-order valence-corrected chi connectivity index (χ0v) is 16.9. The summed E-state index contributed by atoms with van der Waals surface area (Å²) in [6, 6.07) is 16.4. The highest BCUT2D eigenvalue weighted by Gasteiger charge is 2.17. The van der Waals surface area contributed by atoms with Crippen LogP contribution in [0.15, 0.2) is 74.9 Å². The van der Waals surface area contributed by atoms with Crippen LogP contribution in [0.1, 0.15) is 16.8 Å². The van der Waals surface area contributed by atoms with Crippen molar-refractivity contribution in [2.24, 2.45) is 7.05 Å². The number of aryl methyl sites for hydroxylation is 2. The second-order valence-corrected chi connectivity index (χ2v) is 8.76. The average molecular weight is 411 g/mol. The molecule has 8 heteroatoms. The number of nitrogens with zero attached hydrogens (tertiary/aromatic N) is 2. The number of fused-ring (bicyclic) bond motifs is 1. The second-order valence-electron chi connectivity index (χ2n) is 6.99. The standard InChI is InChI=1S/C21H21N3O4S/c1-15-5-7-16(8-6-15)14-24-11-3-4-17(24)13-22-29(26,27)18-9-10-19-20(12-18)28-21(25)23(19)2/h3-12,22H,13-14H2,1-2H3. The molecule has 0 unspecified atom stereocenters. The van der Waals surface area contributed by atoms with Crippen molar-refractivity contribution in [3.8, 4) is 0 Å². The van der Waals surface area contributed by atoms with Crippen LogP contribution in [0, 0.1) is 6.92 Å². The zero-order valence-electron chi connectivity index (χ0n) is 16.1. The first-order chi connectivity index (χ1) is 13.8. The molecule has 0 aliphatic rings. The number of hydrogen-bond acceptors (Lipinski definition) is 4. The average Bonchev–Trinajstić information content (AvgIpc) is 3.25. The molecule has 0 fully saturated rings. The quantitative estimate of drug-likeness (QED) is 0.529. The van der Waals surface area contributed by atoms with Gasteiger partial charge in [0, 0.05) is 31.5 Å². The molecule has 2 aromatic carbocycles. The number of oxazole rings is 1. The fourth-order valence-corrected chi connectivity index (χ4v) is 4.20. The lowest BCUT2D eigenvalue weighted by atomic mass is 10.1. The smallest absolute Gasteiger partial charge is 0.408 e. The van der Waals surface area contributed by atoms with E-state index in [1.807, 2.05) is 29.8 Å². The molecule has 29 heavy (non-hydrogen) atoms. The van der Waals surface area contributed by atoms with Crippen molar-refractivity contribution in [1.82, 2.24) is 13.9 Å². The van der Waals surface area contributed by atoms with Crippen LogP contribution < -0.4 is 10.5 Å². The van der Waals surface area contributed by atoms with Gasteiger partial charge >= 0.3 is 5.76 Å². The lowest BCUT2D eigenvalue weighted by Gasteiger charge is -2.11. The van der Waals surface area contributed by atoms with Gasteiger partial charge in [-0.25, -0.2) is 17.9 Å². The van der Waals surface area contributed by atoms with E-state index in [1.54, 1.807) is 13.1 Å². The Hall–Kier alpha value is -3.10. The second kappa shape index (κ2) is 7.38. The molecular formula is C21H21N3O4S. The summed E-state index contributed by atoms with van der Waals surface area (Å²) in [6.45, 7) is 2.85. The number of hydrogen-bond donors (Lipinski definition) is 1. The van der Waals surface area contributed by atoms with Crippen LogP contribution >= 0.6 is 0 Å². The monoisotopic (exact) mass is 411 g/mol. The molecule has 0 aliphatic carbocycles. The van der Waals surface area contributed by atoms with E-state index in [-0.39, 0.29) is 17.0 Å². The van der Waals surface area contributed by atoms with Gasteiger partial charge in [0.1, 0.15) is 0 Å². The van der Waals surface area contributed by atoms with Crippen LogP contribution in [0.4, 0.5) is 0 Å². The topological polar surface area (TPSA) is 86.2 Å². The van der Waals surface area contributed by atoms with Crippen molar-refractivity contribution in [1.29, 1.82) is 0 Å². The molecule has 0 bridgehead atoms. The van der Waals surface area contributed by atoms with Gasteiger partial charge in [0.15, 0.2) is 5.58 Å². The highest BCUT2D eigenvalue weighted by atomic mass is 32.2. The van der Waals surface area contributed by atoms with Crippen LogP contribution in [-0.4, -0.2) is 17.6 Å². The summed E-state index contributed by atoms with van der Waals surface area (Å²) in [5, 5.41) is 0. The van der Waals surface area contributed by atoms with E-state index < -0.39 is 15.8 Å². The summed E-state index contributed by atoms with van der Waals surface area (Å²) >= 11 is 0. The predicted molar refractivity (Wildman–Crippen MR) is 110 cm³/mol. The summed E-state index contributed by atoms with van der Waals surface area (Å²) in [4.78, 5) is 11.7. The molecule has 0 atom stereocenters. The Morgan fingerprint density at radius 1 is 1.07 bits per heavy atom. The Morgan fingerprint density at radius 2 is 1.83 bits per heavy atom. The normalized spacial score (nSPS) is 11.9. The maximum atomic E-state index is 12.7. The summed E-state index contributed by atoms with van der Waals surface area (Å²) in [6.07, 6.45) is 1.92. The Morgan fingerprint density at radius 3 is 2.59 bits per heavy atom. The summed E-state index contributed by atoms with van der Waals surface area (Å²) in [5.41, 5.74) is 3.96. The van der Waals surface area contributed by atoms with E-state index in [0.29, 0.717) is 12.1 Å². The summed E-state index contributed by atoms with van der Waals surface area (Å²) in [5.74, 6) is -0.531. The molecule has 0 amide bonds. The molecule has 150 valence electrons. The first kappa shape index (κ1) is 19.2. The van der Waals surface area contributed by atoms with E-state index in [9.17, 15) is 13.2 Å². The van der Waals surface area contributed by atoms with E-state index in [4.69, 9.17) is 4.42 Å². The fraction of sp³-hybridized carbons (Fsp3) is 0.190. The van der Waals surface area contributed by atoms with E-state index in [1.165, 1.54) is 22.3 Å². The molecule has 0 saturated heterocycles. The Balaban J connectivity index is 1.52. The SMILES string of the molecule is Cc1ccc(Cn2cccc2CNS(=O)(=O)c2ccc3c(c2)oc(=O)n3C)cc1. The van der Waals surface area contributed by atoms with Crippen LogP contribution in [0.25, 0.3) is 11.1 Å². The minimum absolute atomic E-state index is 0.0518. The van der Waals surface area contributed by atoms with Crippen molar-refractivity contribution < 1.29 is 12.8 Å². The molecule has 0 spiro atoms. The largest absolute Gasteiger partial charge is 0.419 e. The van der Waals surface area contributed by atoms with Crippen molar-refractivity contribution in [2.45, 2.75) is 24.9 Å². The van der Waals surface area contributed by atoms with Gasteiger partial charge in [0.2, 0.25) is 10.0 Å². The maximum absolute atomic E-state index is 12.7. The molecular weight excluding hydrogens is 390 g/mol. The van der Waals surface area contributed by atoms with Crippen LogP contribution in [0.3, 0.4) is 0 Å². The number of rotatable bonds is 6. The third-order valence-electron chi connectivity index (χ3n) is 4.91. The van der Waals surface area contributed by atoms with Crippen LogP contribution in [0.2, 0.25) is 0 Å². The Kier molecular flexibility index (Phi) is 4.89. The summed E-state index contributed by atoms with van der Waals surface area (Å²) in [7, 11) is -2.19. The Labute approximate surface area is 168 Å². The van der Waals surface area contributed by atoms with Gasteiger partial charge in [-0.3, -0.25) is 4.57 Å². The predicted octanol–water partition coefficient (Wildman–Crippen LogP) is 2.77. The zero-order chi connectivity index (χ0) is 20.6. The fourth-order valence-electron chi connectivity index (χ4n) is 3.19. The first-order valence-electron chi connectivity index (χ1n) is 9.12. The van der Waals surface area contributed by atoms with Crippen molar-refractivity contribution >= 4 is 21.1 Å². The van der Waals surface area contributed by atoms with Gasteiger partial charge in [0.05, 0.1) is 17.0 Å². The van der Waals surface area contributed by atoms with Gasteiger partial charge in [-0.2, -0.15) is 0 Å². The molecule has 0 saturated carbocycles. The number of sulfonamides is 1. The number of aromatic nitrogens is 2. The first-order valence-corrected chi connectivity index (χ1v) is 10.6. The van der Waals surface area contributed by atoms with Gasteiger partial charge in [-0.15, -0.1) is 0 Å². The van der Waals surface area contributed by atoms with E-state index in [2.05, 4.69) is 29.0 Å². The number of nitrogens with one attached hydrogen (secondary N) is 1. The molecule has 2 aromatic heterocycles. The van der Waals surface area contributed by atoms with Gasteiger partial charge < -0.3 is 8.98 Å². The molecule has 4 aromatic rings. The minimum atomic E-state index is -3.76. The van der Waals surface area contributed by atoms with Gasteiger partial charge in [-0.1, -0.05) is 29.8 Å². The van der Waals surface area contributed by atoms with Crippen molar-refractivity contribution in [3.63, 3.8) is 0 Å². The van der Waals surface area contributed by atoms with E-state index in [0.717, 1.165) is 11.3 Å². The molecule has 4 rings (SSSR count). The van der Waals surface area contributed by atoms with Gasteiger partial charge in [-0.05, 0) is 36.8 Å². The molecule has 2 heterocycles. The third-order valence-corrected chi connectivity index (χ3v) is 6.31. The molecule has 7 nitrogen and oxygen atoms in total. The summed E-state index contributed by atoms with van der Waals surface area (Å²) < 4.78 is 36.5. The maximum Gasteiger partial charge on any atom is 0.419 e. The third kappa shape index (κ3) is 3.90. The highest BCUT2D eigenvalue weighted by Crippen LogP contribution is 2.18. The molecule has 0 aliphatic heterocycles. The van der Waals surface area contributed by atoms with Gasteiger partial charge in [0.25, 0.3) is 0 Å². The number of benzene rings is 2. The lowest BCUT2D eigenvalue weighted by Crippen LogP contribution is -2.24. The van der Waals surface area contributed by atoms with Crippen LogP contribution in [-0.2, 0) is 30.2 Å². The highest BCUT2D eigenvalue weighted by molar-refractivity contribution is 7.89. The Bertz CT molecular complexity index is 1330. The van der Waals surface area contributed by atoms with E-state index >= 15 is 0 Å². The van der Waals surface area contributed by atoms with Crippen molar-refractivity contribution in [3.05, 3.63) is 88.2 Å². The minimum Gasteiger partial charge on any atom is -0.408 e. The van der Waals surface area contributed by atoms with Crippen LogP contribution in [0.5, 0.6) is 0 Å². The lowest BCUT2D eigenvalue weighted by molar-refractivity contribution is 0.527. The molecule has 1 N–H and O–H groups in total. The van der Waals surface area contributed by atoms with Crippen molar-refractivity contribution in [2.75, 3.05) is 0 Å².